The van der Waals surface area contributed by atoms with Crippen molar-refractivity contribution >= 4 is 0 Å². The van der Waals surface area contributed by atoms with Crippen molar-refractivity contribution in [3.63, 3.8) is 0 Å². The largest absolute Gasteiger partial charge is 0.429 e. The van der Waals surface area contributed by atoms with E-state index < -0.39 is 0 Å². The summed E-state index contributed by atoms with van der Waals surface area (Å²) in [5.74, 6) is 0. The molecule has 1 heterocycles. The van der Waals surface area contributed by atoms with Crippen LogP contribution >= 0.6 is 0 Å². The van der Waals surface area contributed by atoms with Crippen LogP contribution in [-0.4, -0.2) is 15.1 Å². The van der Waals surface area contributed by atoms with Gasteiger partial charge in [0.2, 0.25) is 0 Å². The molecule has 2 N–H and O–H groups in total. The molecule has 1 rings (SSSR count). The van der Waals surface area contributed by atoms with E-state index >= 15 is 0 Å². The Morgan fingerprint density at radius 2 is 2.30 bits per heavy atom. The predicted molar refractivity (Wildman–Crippen MR) is 33.7 cm³/mol. The zero-order chi connectivity index (χ0) is 7.56. The van der Waals surface area contributed by atoms with E-state index in [2.05, 4.69) is 5.16 Å². The summed E-state index contributed by atoms with van der Waals surface area (Å²) in [6, 6.07) is 1.51. The number of hydrogen-bond donors (Lipinski definition) is 2. The van der Waals surface area contributed by atoms with Crippen molar-refractivity contribution in [3.8, 4) is 0 Å². The Hall–Kier alpha value is -1.45. The van der Waals surface area contributed by atoms with Crippen LogP contribution in [0.5, 0.6) is 0 Å². The van der Waals surface area contributed by atoms with Gasteiger partial charge in [0.1, 0.15) is 5.36 Å². The van der Waals surface area contributed by atoms with Gasteiger partial charge in [0, 0.05) is 12.4 Å². The van der Waals surface area contributed by atoms with Gasteiger partial charge in [-0.05, 0) is 18.6 Å². The maximum absolute atomic E-state index is 8.83. The second kappa shape index (κ2) is 2.43. The van der Waals surface area contributed by atoms with Gasteiger partial charge in [-0.15, -0.1) is 0 Å². The first kappa shape index (κ1) is 6.67. The zero-order valence-corrected chi connectivity index (χ0v) is 5.52. The van der Waals surface area contributed by atoms with Gasteiger partial charge in [-0.1, -0.05) is 5.16 Å². The first-order chi connectivity index (χ1) is 4.74. The quantitative estimate of drug-likeness (QED) is 0.310. The molecule has 0 radical (unpaired) electrons. The van der Waals surface area contributed by atoms with Crippen molar-refractivity contribution in [2.45, 2.75) is 6.92 Å². The Balaban J connectivity index is 3.34. The number of hydrogen-bond acceptors (Lipinski definition) is 3. The lowest BCUT2D eigenvalue weighted by molar-refractivity contribution is 0.183. The fourth-order valence-electron chi connectivity index (χ4n) is 0.698. The third-order valence-corrected chi connectivity index (χ3v) is 1.22. The molecular weight excluding hydrogens is 132 g/mol. The molecule has 0 aromatic carbocycles. The first-order valence-corrected chi connectivity index (χ1v) is 2.80. The summed E-state index contributed by atoms with van der Waals surface area (Å²) in [4.78, 5) is 0. The summed E-state index contributed by atoms with van der Waals surface area (Å²) in [6.07, 6.45) is 2.84. The molecule has 54 valence electrons. The van der Waals surface area contributed by atoms with E-state index in [1.165, 1.54) is 18.5 Å². The molecule has 10 heavy (non-hydrogen) atoms. The zero-order valence-electron chi connectivity index (χ0n) is 5.52. The summed E-state index contributed by atoms with van der Waals surface area (Å²) < 4.78 is 0.907. The Morgan fingerprint density at radius 1 is 1.60 bits per heavy atom. The van der Waals surface area contributed by atoms with Gasteiger partial charge in [0.15, 0.2) is 0 Å². The van der Waals surface area contributed by atoms with Gasteiger partial charge >= 0.3 is 0 Å². The van der Waals surface area contributed by atoms with Crippen LogP contribution in [0.3, 0.4) is 0 Å². The number of rotatable bonds is 0. The Morgan fingerprint density at radius 3 is 2.80 bits per heavy atom. The van der Waals surface area contributed by atoms with E-state index in [1.54, 1.807) is 6.92 Å². The van der Waals surface area contributed by atoms with Crippen molar-refractivity contribution in [1.82, 2.24) is 4.73 Å². The summed E-state index contributed by atoms with van der Waals surface area (Å²) in [7, 11) is 0. The average molecular weight is 140 g/mol. The van der Waals surface area contributed by atoms with Gasteiger partial charge in [0.05, 0.1) is 0 Å². The van der Waals surface area contributed by atoms with Crippen LogP contribution < -0.4 is 5.36 Å². The van der Waals surface area contributed by atoms with E-state index in [-0.39, 0.29) is 0 Å². The molecule has 0 aliphatic rings. The van der Waals surface area contributed by atoms with E-state index in [0.717, 1.165) is 4.73 Å². The fourth-order valence-corrected chi connectivity index (χ4v) is 0.698. The van der Waals surface area contributed by atoms with Gasteiger partial charge in [-0.25, -0.2) is 4.73 Å². The molecule has 1 aromatic heterocycles. The van der Waals surface area contributed by atoms with E-state index in [0.29, 0.717) is 10.9 Å². The Labute approximate surface area is 57.6 Å². The molecule has 0 fully saturated rings. The van der Waals surface area contributed by atoms with E-state index in [9.17, 15) is 0 Å². The average Bonchev–Trinajstić information content (AvgIpc) is 1.88. The molecule has 0 spiro atoms. The minimum atomic E-state index is 0.463. The molecule has 0 saturated heterocycles. The molecule has 0 atom stereocenters. The molecule has 0 unspecified atom stereocenters. The van der Waals surface area contributed by atoms with Crippen molar-refractivity contribution in [3.05, 3.63) is 29.4 Å². The molecule has 4 heteroatoms. The lowest BCUT2D eigenvalue weighted by Crippen LogP contribution is -2.08. The highest BCUT2D eigenvalue weighted by Gasteiger charge is 1.89. The van der Waals surface area contributed by atoms with Crippen molar-refractivity contribution in [1.29, 1.82) is 0 Å². The summed E-state index contributed by atoms with van der Waals surface area (Å²) in [5.41, 5.74) is 0.715. The van der Waals surface area contributed by atoms with Crippen LogP contribution in [-0.2, 0) is 0 Å². The second-order valence-corrected chi connectivity index (χ2v) is 1.99. The van der Waals surface area contributed by atoms with Gasteiger partial charge in [-0.2, -0.15) is 0 Å². The highest BCUT2D eigenvalue weighted by atomic mass is 16.5. The monoisotopic (exact) mass is 140 g/mol. The van der Waals surface area contributed by atoms with Crippen molar-refractivity contribution in [2.75, 3.05) is 0 Å². The van der Waals surface area contributed by atoms with Crippen LogP contribution in [0.15, 0.2) is 23.6 Å². The van der Waals surface area contributed by atoms with Crippen LogP contribution in [0.1, 0.15) is 5.56 Å². The van der Waals surface area contributed by atoms with Gasteiger partial charge in [0.25, 0.3) is 0 Å². The lowest BCUT2D eigenvalue weighted by atomic mass is 10.3. The third kappa shape index (κ3) is 1.10. The SMILES string of the molecule is Cc1cn(O)ccc1=NO. The van der Waals surface area contributed by atoms with Gasteiger partial charge in [-0.3, -0.25) is 0 Å². The molecule has 1 aromatic rings. The smallest absolute Gasteiger partial charge is 0.108 e. The number of aryl methyl sites for hydroxylation is 1. The molecule has 0 bridgehead atoms. The third-order valence-electron chi connectivity index (χ3n) is 1.22. The fraction of sp³-hybridized carbons (Fsp3) is 0.167. The van der Waals surface area contributed by atoms with Crippen LogP contribution in [0.4, 0.5) is 0 Å². The summed E-state index contributed by atoms with van der Waals surface area (Å²) in [6.45, 7) is 1.74. The number of nitrogens with zero attached hydrogens (tertiary/aromatic N) is 2. The number of aromatic nitrogens is 1. The topological polar surface area (TPSA) is 57.8 Å². The lowest BCUT2D eigenvalue weighted by Gasteiger charge is -1.96. The molecule has 0 aliphatic heterocycles. The van der Waals surface area contributed by atoms with Crippen molar-refractivity contribution < 1.29 is 10.4 Å². The first-order valence-electron chi connectivity index (χ1n) is 2.80. The minimum Gasteiger partial charge on any atom is -0.429 e. The second-order valence-electron chi connectivity index (χ2n) is 1.99. The maximum atomic E-state index is 8.83. The highest BCUT2D eigenvalue weighted by Crippen LogP contribution is 1.85. The minimum absolute atomic E-state index is 0.463. The standard InChI is InChI=1S/C6H8N2O2/c1-5-4-8(10)3-2-6(5)7-9/h2-4,9-10H,1H3. The van der Waals surface area contributed by atoms with Crippen LogP contribution in [0.2, 0.25) is 0 Å². The Kier molecular flexibility index (Phi) is 1.62. The van der Waals surface area contributed by atoms with E-state index in [4.69, 9.17) is 10.4 Å². The molecule has 0 amide bonds. The van der Waals surface area contributed by atoms with Crippen LogP contribution in [0.25, 0.3) is 0 Å². The summed E-state index contributed by atoms with van der Waals surface area (Å²) >= 11 is 0. The predicted octanol–water partition coefficient (Wildman–Crippen LogP) is 0.324. The maximum Gasteiger partial charge on any atom is 0.108 e. The Bertz CT molecular complexity index is 290. The normalized spacial score (nSPS) is 11.9. The summed E-state index contributed by atoms with van der Waals surface area (Å²) in [5, 5.41) is 20.6. The van der Waals surface area contributed by atoms with Gasteiger partial charge < -0.3 is 10.4 Å². The van der Waals surface area contributed by atoms with Crippen molar-refractivity contribution in [2.24, 2.45) is 5.16 Å². The number of pyridine rings is 1. The molecular formula is C6H8N2O2. The highest BCUT2D eigenvalue weighted by molar-refractivity contribution is 5.05. The van der Waals surface area contributed by atoms with E-state index in [1.807, 2.05) is 0 Å². The molecule has 4 nitrogen and oxygen atoms in total. The van der Waals surface area contributed by atoms with Crippen LogP contribution in [0, 0.1) is 6.92 Å². The molecule has 0 aliphatic carbocycles. The molecule has 0 saturated carbocycles.